The monoisotopic (exact) mass is 804 g/mol. The summed E-state index contributed by atoms with van der Waals surface area (Å²) in [5, 5.41) is 7.56. The SMILES string of the molecule is COC(=O)N[C@H](C(=O)N1CCC[C@H]1c1ncc(-c2ccc(-c3ccc4cc(-c5cnc([C@H](C)N(C(=O)[C@@H](NC(=O)OC)C(C)C)C(C)C)[nH]5)ccc4c3)cc2)[nH]1)C(C)C. The fourth-order valence-corrected chi connectivity index (χ4v) is 7.86. The van der Waals surface area contributed by atoms with Crippen LogP contribution in [0, 0.1) is 11.8 Å². The Hall–Kier alpha value is -6.18. The molecule has 0 spiro atoms. The quantitative estimate of drug-likeness (QED) is 0.0926. The zero-order valence-corrected chi connectivity index (χ0v) is 35.3. The smallest absolute Gasteiger partial charge is 0.407 e. The van der Waals surface area contributed by atoms with Crippen LogP contribution in [0.5, 0.6) is 0 Å². The first-order chi connectivity index (χ1) is 28.2. The normalized spacial score (nSPS) is 15.7. The maximum absolute atomic E-state index is 13.8. The summed E-state index contributed by atoms with van der Waals surface area (Å²) in [5.41, 5.74) is 5.80. The van der Waals surface area contributed by atoms with Crippen LogP contribution in [0.3, 0.4) is 0 Å². The Bertz CT molecular complexity index is 2280. The Morgan fingerprint density at radius 2 is 1.25 bits per heavy atom. The summed E-state index contributed by atoms with van der Waals surface area (Å²) in [6.07, 6.45) is 3.95. The number of benzene rings is 3. The van der Waals surface area contributed by atoms with Crippen molar-refractivity contribution in [3.05, 3.63) is 84.7 Å². The molecule has 1 saturated heterocycles. The molecule has 0 bridgehead atoms. The molecule has 3 heterocycles. The van der Waals surface area contributed by atoms with Gasteiger partial charge in [-0.25, -0.2) is 19.6 Å². The number of amides is 4. The molecule has 2 aromatic heterocycles. The molecule has 312 valence electrons. The van der Waals surface area contributed by atoms with Gasteiger partial charge in [0.15, 0.2) is 0 Å². The number of H-pyrrole nitrogens is 2. The van der Waals surface area contributed by atoms with Crippen LogP contribution >= 0.6 is 0 Å². The number of fused-ring (bicyclic) bond motifs is 1. The van der Waals surface area contributed by atoms with Crippen molar-refractivity contribution in [1.82, 2.24) is 40.4 Å². The Balaban J connectivity index is 1.14. The van der Waals surface area contributed by atoms with Crippen LogP contribution in [0.25, 0.3) is 44.4 Å². The van der Waals surface area contributed by atoms with Crippen LogP contribution in [0.2, 0.25) is 0 Å². The van der Waals surface area contributed by atoms with Crippen molar-refractivity contribution >= 4 is 34.8 Å². The number of imidazole rings is 2. The van der Waals surface area contributed by atoms with E-state index >= 15 is 0 Å². The van der Waals surface area contributed by atoms with Crippen molar-refractivity contribution in [1.29, 1.82) is 0 Å². The molecular formula is C45H56N8O6. The predicted molar refractivity (Wildman–Crippen MR) is 227 cm³/mol. The van der Waals surface area contributed by atoms with Crippen LogP contribution in [0.15, 0.2) is 73.1 Å². The first-order valence-corrected chi connectivity index (χ1v) is 20.3. The second-order valence-electron chi connectivity index (χ2n) is 16.1. The van der Waals surface area contributed by atoms with E-state index in [0.29, 0.717) is 12.4 Å². The Morgan fingerprint density at radius 3 is 1.86 bits per heavy atom. The first kappa shape index (κ1) is 42.4. The van der Waals surface area contributed by atoms with E-state index in [9.17, 15) is 19.2 Å². The second-order valence-corrected chi connectivity index (χ2v) is 16.1. The van der Waals surface area contributed by atoms with Crippen molar-refractivity contribution in [2.45, 2.75) is 91.5 Å². The molecule has 0 saturated carbocycles. The van der Waals surface area contributed by atoms with Gasteiger partial charge in [0.25, 0.3) is 0 Å². The minimum absolute atomic E-state index is 0.107. The summed E-state index contributed by atoms with van der Waals surface area (Å²) >= 11 is 0. The van der Waals surface area contributed by atoms with Crippen molar-refractivity contribution < 1.29 is 28.7 Å². The number of likely N-dealkylation sites (tertiary alicyclic amines) is 1. The molecule has 14 nitrogen and oxygen atoms in total. The van der Waals surface area contributed by atoms with Crippen molar-refractivity contribution in [2.75, 3.05) is 20.8 Å². The largest absolute Gasteiger partial charge is 0.453 e. The zero-order valence-electron chi connectivity index (χ0n) is 35.3. The fraction of sp³-hybridized carbons (Fsp3) is 0.422. The van der Waals surface area contributed by atoms with Gasteiger partial charge in [0.2, 0.25) is 11.8 Å². The van der Waals surface area contributed by atoms with E-state index in [1.165, 1.54) is 14.2 Å². The predicted octanol–water partition coefficient (Wildman–Crippen LogP) is 8.01. The standard InChI is InChI=1S/C45H56N8O6/c1-25(2)38(50-44(56)58-8)42(54)52-20-10-11-37(52)41-47-23-35(49-41)30-14-12-29(13-15-30)31-16-17-33-22-34(19-18-32(33)21-31)36-24-46-40(48-36)28(7)53(27(5)6)43(55)39(26(3)4)51-45(57)59-9/h12-19,21-28,37-39H,10-11,20H2,1-9H3,(H,46,48)(H,47,49)(H,50,56)(H,51,57)/t28-,37-,38-,39-/m0/s1. The van der Waals surface area contributed by atoms with E-state index in [-0.39, 0.29) is 41.8 Å². The molecule has 1 aliphatic heterocycles. The number of hydrogen-bond donors (Lipinski definition) is 4. The highest BCUT2D eigenvalue weighted by molar-refractivity contribution is 5.91. The second kappa shape index (κ2) is 18.2. The number of nitrogens with one attached hydrogen (secondary N) is 4. The zero-order chi connectivity index (χ0) is 42.5. The number of carbonyl (C=O) groups excluding carboxylic acids is 4. The third kappa shape index (κ3) is 9.27. The molecule has 4 atom stereocenters. The van der Waals surface area contributed by atoms with Gasteiger partial charge in [-0.05, 0) is 85.0 Å². The van der Waals surface area contributed by atoms with Gasteiger partial charge in [-0.2, -0.15) is 0 Å². The van der Waals surface area contributed by atoms with Gasteiger partial charge >= 0.3 is 12.2 Å². The van der Waals surface area contributed by atoms with E-state index < -0.39 is 24.3 Å². The van der Waals surface area contributed by atoms with Gasteiger partial charge in [0, 0.05) is 18.2 Å². The molecular weight excluding hydrogens is 749 g/mol. The highest BCUT2D eigenvalue weighted by atomic mass is 16.5. The van der Waals surface area contributed by atoms with Crippen LogP contribution in [0.1, 0.15) is 85.0 Å². The Morgan fingerprint density at radius 1 is 0.712 bits per heavy atom. The van der Waals surface area contributed by atoms with Crippen molar-refractivity contribution in [3.8, 4) is 33.6 Å². The number of rotatable bonds is 13. The molecule has 1 fully saturated rings. The third-order valence-electron chi connectivity index (χ3n) is 11.1. The maximum atomic E-state index is 13.8. The Kier molecular flexibility index (Phi) is 13.1. The molecule has 14 heteroatoms. The maximum Gasteiger partial charge on any atom is 0.407 e. The van der Waals surface area contributed by atoms with Crippen molar-refractivity contribution in [3.63, 3.8) is 0 Å². The number of ether oxygens (including phenoxy) is 2. The number of aromatic amines is 2. The molecule has 0 aliphatic carbocycles. The highest BCUT2D eigenvalue weighted by Crippen LogP contribution is 2.34. The fourth-order valence-electron chi connectivity index (χ4n) is 7.86. The van der Waals surface area contributed by atoms with E-state index in [2.05, 4.69) is 91.2 Å². The van der Waals surface area contributed by atoms with Crippen LogP contribution < -0.4 is 10.6 Å². The van der Waals surface area contributed by atoms with Crippen LogP contribution in [-0.4, -0.2) is 92.6 Å². The summed E-state index contributed by atoms with van der Waals surface area (Å²) in [4.78, 5) is 71.1. The highest BCUT2D eigenvalue weighted by Gasteiger charge is 2.38. The van der Waals surface area contributed by atoms with Gasteiger partial charge in [0.05, 0.1) is 50.1 Å². The molecule has 5 aromatic rings. The van der Waals surface area contributed by atoms with E-state index in [1.54, 1.807) is 11.1 Å². The van der Waals surface area contributed by atoms with Crippen LogP contribution in [0.4, 0.5) is 9.59 Å². The summed E-state index contributed by atoms with van der Waals surface area (Å²) in [6, 6.07) is 18.8. The number of carbonyl (C=O) groups is 4. The summed E-state index contributed by atoms with van der Waals surface area (Å²) in [6.45, 7) is 14.0. The molecule has 1 aliphatic rings. The lowest BCUT2D eigenvalue weighted by atomic mass is 9.98. The third-order valence-corrected chi connectivity index (χ3v) is 11.1. The summed E-state index contributed by atoms with van der Waals surface area (Å²) < 4.78 is 9.54. The molecule has 0 radical (unpaired) electrons. The molecule has 0 unspecified atom stereocenters. The number of nitrogens with zero attached hydrogens (tertiary/aromatic N) is 4. The number of aromatic nitrogens is 4. The number of hydrogen-bond acceptors (Lipinski definition) is 8. The molecule has 3 aromatic carbocycles. The minimum atomic E-state index is -0.744. The topological polar surface area (TPSA) is 175 Å². The number of alkyl carbamates (subject to hydrolysis) is 2. The lowest BCUT2D eigenvalue weighted by Gasteiger charge is -2.36. The Labute approximate surface area is 345 Å². The van der Waals surface area contributed by atoms with Crippen molar-refractivity contribution in [2.24, 2.45) is 11.8 Å². The lowest BCUT2D eigenvalue weighted by molar-refractivity contribution is -0.139. The first-order valence-electron chi connectivity index (χ1n) is 20.3. The summed E-state index contributed by atoms with van der Waals surface area (Å²) in [7, 11) is 2.57. The average Bonchev–Trinajstić information content (AvgIpc) is 4.03. The van der Waals surface area contributed by atoms with Gasteiger partial charge in [0.1, 0.15) is 23.7 Å². The molecule has 4 amide bonds. The van der Waals surface area contributed by atoms with E-state index in [0.717, 1.165) is 63.1 Å². The van der Waals surface area contributed by atoms with Gasteiger partial charge in [-0.1, -0.05) is 76.2 Å². The van der Waals surface area contributed by atoms with Gasteiger partial charge in [-0.15, -0.1) is 0 Å². The van der Waals surface area contributed by atoms with E-state index in [1.807, 2.05) is 59.6 Å². The van der Waals surface area contributed by atoms with E-state index in [4.69, 9.17) is 9.47 Å². The van der Waals surface area contributed by atoms with Crippen LogP contribution in [-0.2, 0) is 19.1 Å². The molecule has 4 N–H and O–H groups in total. The minimum Gasteiger partial charge on any atom is -0.453 e. The van der Waals surface area contributed by atoms with Gasteiger partial charge in [-0.3, -0.25) is 9.59 Å². The van der Waals surface area contributed by atoms with Gasteiger partial charge < -0.3 is 39.9 Å². The number of methoxy groups -OCH3 is 2. The molecule has 6 rings (SSSR count). The average molecular weight is 805 g/mol. The lowest BCUT2D eigenvalue weighted by Crippen LogP contribution is -2.53. The molecule has 59 heavy (non-hydrogen) atoms. The summed E-state index contributed by atoms with van der Waals surface area (Å²) in [5.74, 6) is 0.777.